The SMILES string of the molecule is C[N+]1(CCCl)CC1.O=[N+]([O-])c1cc([N+](=O)[O-])c(S(=O)(=O)[O-])c([N+](=O)[O-])c1. The molecule has 0 atom stereocenters. The van der Waals surface area contributed by atoms with Gasteiger partial charge < -0.3 is 9.04 Å². The summed E-state index contributed by atoms with van der Waals surface area (Å²) < 4.78 is 33.7. The number of nitrogens with zero attached hydrogens (tertiary/aromatic N) is 4. The summed E-state index contributed by atoms with van der Waals surface area (Å²) in [6.45, 7) is 3.83. The van der Waals surface area contributed by atoms with Crippen LogP contribution in [0.2, 0.25) is 0 Å². The number of hydrogen-bond acceptors (Lipinski definition) is 9. The van der Waals surface area contributed by atoms with Gasteiger partial charge in [0, 0.05) is 0 Å². The van der Waals surface area contributed by atoms with Crippen molar-refractivity contribution in [3.8, 4) is 0 Å². The number of quaternary nitrogens is 1. The molecule has 0 radical (unpaired) electrons. The minimum atomic E-state index is -5.55. The molecule has 1 heterocycles. The predicted octanol–water partition coefficient (Wildman–Crippen LogP) is 1.00. The molecule has 2 rings (SSSR count). The maximum Gasteiger partial charge on any atom is 0.300 e. The molecule has 1 aliphatic heterocycles. The van der Waals surface area contributed by atoms with Gasteiger partial charge in [-0.3, -0.25) is 30.3 Å². The lowest BCUT2D eigenvalue weighted by atomic mass is 10.2. The minimum absolute atomic E-state index is 0.164. The number of non-ortho nitro benzene ring substituents is 1. The summed E-state index contributed by atoms with van der Waals surface area (Å²) in [5.41, 5.74) is -4.11. The average molecular weight is 413 g/mol. The summed E-state index contributed by atoms with van der Waals surface area (Å²) >= 11 is 5.51. The van der Waals surface area contributed by atoms with Gasteiger partial charge in [-0.05, 0) is 0 Å². The van der Waals surface area contributed by atoms with E-state index >= 15 is 0 Å². The third-order valence-corrected chi connectivity index (χ3v) is 4.59. The van der Waals surface area contributed by atoms with Crippen LogP contribution >= 0.6 is 11.6 Å². The maximum absolute atomic E-state index is 10.8. The summed E-state index contributed by atoms with van der Waals surface area (Å²) in [5, 5.41) is 31.6. The van der Waals surface area contributed by atoms with Crippen LogP contribution in [-0.2, 0) is 10.1 Å². The van der Waals surface area contributed by atoms with Crippen LogP contribution in [0.3, 0.4) is 0 Å². The number of halogens is 1. The van der Waals surface area contributed by atoms with Gasteiger partial charge in [0.2, 0.25) is 4.90 Å². The van der Waals surface area contributed by atoms with Crippen LogP contribution in [0.4, 0.5) is 17.1 Å². The van der Waals surface area contributed by atoms with Crippen LogP contribution in [0, 0.1) is 30.3 Å². The van der Waals surface area contributed by atoms with Crippen LogP contribution in [0.1, 0.15) is 0 Å². The normalized spacial score (nSPS) is 14.7. The highest BCUT2D eigenvalue weighted by atomic mass is 35.5. The highest BCUT2D eigenvalue weighted by molar-refractivity contribution is 7.86. The van der Waals surface area contributed by atoms with Crippen molar-refractivity contribution in [1.29, 1.82) is 0 Å². The number of hydrogen-bond donors (Lipinski definition) is 0. The van der Waals surface area contributed by atoms with E-state index in [1.165, 1.54) is 17.6 Å². The van der Waals surface area contributed by atoms with Crippen LogP contribution in [-0.4, -0.2) is 64.8 Å². The van der Waals surface area contributed by atoms with Crippen molar-refractivity contribution >= 4 is 38.8 Å². The van der Waals surface area contributed by atoms with E-state index in [0.29, 0.717) is 0 Å². The van der Waals surface area contributed by atoms with Gasteiger partial charge in [0.1, 0.15) is 23.2 Å². The van der Waals surface area contributed by atoms with Gasteiger partial charge in [-0.25, -0.2) is 8.42 Å². The average Bonchev–Trinajstić information content (AvgIpc) is 3.23. The van der Waals surface area contributed by atoms with Crippen molar-refractivity contribution in [2.24, 2.45) is 0 Å². The molecule has 0 aliphatic carbocycles. The van der Waals surface area contributed by atoms with Crippen molar-refractivity contribution in [1.82, 2.24) is 0 Å². The lowest BCUT2D eigenvalue weighted by Gasteiger charge is -2.07. The van der Waals surface area contributed by atoms with Gasteiger partial charge in [-0.1, -0.05) is 0 Å². The Morgan fingerprint density at radius 3 is 1.65 bits per heavy atom. The molecule has 0 aromatic heterocycles. The lowest BCUT2D eigenvalue weighted by Crippen LogP contribution is -2.21. The topological polar surface area (TPSA) is 187 Å². The van der Waals surface area contributed by atoms with E-state index in [2.05, 4.69) is 7.05 Å². The second kappa shape index (κ2) is 7.86. The summed E-state index contributed by atoms with van der Waals surface area (Å²) in [5.74, 6) is 0.816. The van der Waals surface area contributed by atoms with Crippen LogP contribution in [0.25, 0.3) is 0 Å². The number of nitro groups is 3. The molecule has 0 spiro atoms. The highest BCUT2D eigenvalue weighted by Crippen LogP contribution is 2.36. The smallest absolute Gasteiger partial charge is 0.300 e. The molecule has 1 aromatic rings. The first-order chi connectivity index (χ1) is 11.8. The molecule has 26 heavy (non-hydrogen) atoms. The molecular weight excluding hydrogens is 400 g/mol. The summed E-state index contributed by atoms with van der Waals surface area (Å²) in [6, 6.07) is 0.329. The van der Waals surface area contributed by atoms with E-state index in [9.17, 15) is 43.3 Å². The van der Waals surface area contributed by atoms with Gasteiger partial charge in [0.15, 0.2) is 0 Å². The Morgan fingerprint density at radius 2 is 1.46 bits per heavy atom. The van der Waals surface area contributed by atoms with Crippen molar-refractivity contribution in [2.75, 3.05) is 32.6 Å². The van der Waals surface area contributed by atoms with Crippen molar-refractivity contribution in [2.45, 2.75) is 4.90 Å². The first kappa shape index (κ1) is 21.6. The Balaban J connectivity index is 0.000000401. The largest absolute Gasteiger partial charge is 0.744 e. The molecule has 0 N–H and O–H groups in total. The first-order valence-electron chi connectivity index (χ1n) is 6.79. The Labute approximate surface area is 151 Å². The Morgan fingerprint density at radius 1 is 1.04 bits per heavy atom. The quantitative estimate of drug-likeness (QED) is 0.164. The second-order valence-electron chi connectivity index (χ2n) is 5.52. The summed E-state index contributed by atoms with van der Waals surface area (Å²) in [7, 11) is -3.31. The Bertz CT molecular complexity index is 818. The summed E-state index contributed by atoms with van der Waals surface area (Å²) in [4.78, 5) is 25.8. The van der Waals surface area contributed by atoms with Crippen molar-refractivity contribution < 1.29 is 32.2 Å². The van der Waals surface area contributed by atoms with E-state index in [1.807, 2.05) is 0 Å². The van der Waals surface area contributed by atoms with Gasteiger partial charge in [0.05, 0.1) is 46.4 Å². The number of benzene rings is 1. The van der Waals surface area contributed by atoms with E-state index in [-0.39, 0.29) is 12.1 Å². The molecule has 1 aromatic carbocycles. The zero-order valence-corrected chi connectivity index (χ0v) is 14.8. The molecule has 1 saturated heterocycles. The lowest BCUT2D eigenvalue weighted by molar-refractivity contribution is -0.774. The fraction of sp³-hybridized carbons (Fsp3) is 0.455. The van der Waals surface area contributed by atoms with Crippen LogP contribution in [0.5, 0.6) is 0 Å². The standard InChI is InChI=1S/C6H3N3O9S.C5H11ClN/c10-7(11)3-1-4(8(12)13)6(19(16,17)18)5(2-3)9(14)15;1-7(3-2-6)4-5-7/h1-2H,(H,16,17,18);2-5H2,1H3/q;+1/p-1. The third-order valence-electron chi connectivity index (χ3n) is 3.50. The second-order valence-corrected chi connectivity index (χ2v) is 7.21. The number of alkyl halides is 1. The molecule has 1 fully saturated rings. The highest BCUT2D eigenvalue weighted by Gasteiger charge is 2.35. The minimum Gasteiger partial charge on any atom is -0.744 e. The van der Waals surface area contributed by atoms with Crippen LogP contribution < -0.4 is 0 Å². The zero-order valence-electron chi connectivity index (χ0n) is 13.2. The first-order valence-corrected chi connectivity index (χ1v) is 8.73. The number of rotatable bonds is 6. The molecule has 1 aliphatic rings. The molecule has 0 bridgehead atoms. The van der Waals surface area contributed by atoms with Gasteiger partial charge in [0.25, 0.3) is 5.69 Å². The van der Waals surface area contributed by atoms with Crippen molar-refractivity contribution in [3.63, 3.8) is 0 Å². The molecule has 15 heteroatoms. The third kappa shape index (κ3) is 5.55. The molecule has 0 unspecified atom stereocenters. The fourth-order valence-electron chi connectivity index (χ4n) is 1.82. The molecule has 0 saturated carbocycles. The zero-order chi connectivity index (χ0) is 20.3. The Hall–Kier alpha value is -2.42. The van der Waals surface area contributed by atoms with E-state index in [1.54, 1.807) is 0 Å². The predicted molar refractivity (Wildman–Crippen MR) is 85.9 cm³/mol. The fourth-order valence-corrected chi connectivity index (χ4v) is 3.00. The van der Waals surface area contributed by atoms with Crippen LogP contribution in [0.15, 0.2) is 17.0 Å². The van der Waals surface area contributed by atoms with E-state index in [0.717, 1.165) is 12.4 Å². The van der Waals surface area contributed by atoms with Gasteiger partial charge in [-0.2, -0.15) is 0 Å². The molecular formula is C11H13ClN4O9S. The maximum atomic E-state index is 10.8. The van der Waals surface area contributed by atoms with Crippen molar-refractivity contribution in [3.05, 3.63) is 42.5 Å². The summed E-state index contributed by atoms with van der Waals surface area (Å²) in [6.07, 6.45) is 0. The number of likely N-dealkylation sites (N-methyl/N-ethyl adjacent to an activating group) is 1. The van der Waals surface area contributed by atoms with E-state index < -0.39 is 46.8 Å². The molecule has 13 nitrogen and oxygen atoms in total. The molecule has 0 amide bonds. The Kier molecular flexibility index (Phi) is 6.54. The number of nitro benzene ring substituents is 3. The van der Waals surface area contributed by atoms with Gasteiger partial charge >= 0.3 is 11.4 Å². The monoisotopic (exact) mass is 412 g/mol. The molecule has 144 valence electrons. The van der Waals surface area contributed by atoms with E-state index in [4.69, 9.17) is 11.6 Å². The van der Waals surface area contributed by atoms with Gasteiger partial charge in [-0.15, -0.1) is 11.6 Å².